The molecule has 3 heteroatoms. The van der Waals surface area contributed by atoms with Crippen LogP contribution >= 0.6 is 0 Å². The van der Waals surface area contributed by atoms with E-state index in [0.717, 1.165) is 18.7 Å². The zero-order valence-corrected chi connectivity index (χ0v) is 7.73. The summed E-state index contributed by atoms with van der Waals surface area (Å²) in [6.07, 6.45) is 3.81. The molecule has 0 amide bonds. The van der Waals surface area contributed by atoms with E-state index in [9.17, 15) is 0 Å². The molecule has 1 aromatic rings. The number of hydrogen-bond donors (Lipinski definition) is 1. The second-order valence-electron chi connectivity index (χ2n) is 3.42. The van der Waals surface area contributed by atoms with Crippen molar-refractivity contribution in [3.8, 4) is 0 Å². The van der Waals surface area contributed by atoms with Crippen molar-refractivity contribution in [3.05, 3.63) is 30.1 Å². The van der Waals surface area contributed by atoms with Gasteiger partial charge in [-0.1, -0.05) is 6.07 Å². The summed E-state index contributed by atoms with van der Waals surface area (Å²) in [5, 5.41) is 3.38. The lowest BCUT2D eigenvalue weighted by Gasteiger charge is -2.28. The Labute approximate surface area is 78.1 Å². The van der Waals surface area contributed by atoms with Crippen molar-refractivity contribution in [1.29, 1.82) is 0 Å². The second-order valence-corrected chi connectivity index (χ2v) is 3.42. The molecule has 1 aliphatic rings. The van der Waals surface area contributed by atoms with Gasteiger partial charge in [0.15, 0.2) is 0 Å². The smallest absolute Gasteiger partial charge is 0.0964 e. The SMILES string of the molecule is CC1COC(c2cccnc2)CN1. The van der Waals surface area contributed by atoms with Crippen molar-refractivity contribution in [2.45, 2.75) is 19.1 Å². The molecule has 13 heavy (non-hydrogen) atoms. The van der Waals surface area contributed by atoms with Crippen LogP contribution in [-0.4, -0.2) is 24.2 Å². The number of hydrogen-bond acceptors (Lipinski definition) is 3. The molecule has 1 aliphatic heterocycles. The quantitative estimate of drug-likeness (QED) is 0.700. The van der Waals surface area contributed by atoms with Gasteiger partial charge in [0, 0.05) is 30.5 Å². The number of pyridine rings is 1. The summed E-state index contributed by atoms with van der Waals surface area (Å²) in [5.74, 6) is 0. The first-order chi connectivity index (χ1) is 6.36. The van der Waals surface area contributed by atoms with Crippen molar-refractivity contribution in [2.24, 2.45) is 0 Å². The molecule has 1 fully saturated rings. The molecular weight excluding hydrogens is 164 g/mol. The minimum absolute atomic E-state index is 0.171. The first kappa shape index (κ1) is 8.66. The summed E-state index contributed by atoms with van der Waals surface area (Å²) >= 11 is 0. The average molecular weight is 178 g/mol. The fourth-order valence-electron chi connectivity index (χ4n) is 1.47. The maximum atomic E-state index is 5.67. The van der Waals surface area contributed by atoms with Gasteiger partial charge in [0.05, 0.1) is 12.7 Å². The van der Waals surface area contributed by atoms with Crippen LogP contribution in [0, 0.1) is 0 Å². The van der Waals surface area contributed by atoms with Gasteiger partial charge in [0.2, 0.25) is 0 Å². The molecule has 2 unspecified atom stereocenters. The Morgan fingerprint density at radius 3 is 3.15 bits per heavy atom. The molecule has 1 aromatic heterocycles. The summed E-state index contributed by atoms with van der Waals surface area (Å²) in [6.45, 7) is 3.78. The summed E-state index contributed by atoms with van der Waals surface area (Å²) < 4.78 is 5.67. The predicted molar refractivity (Wildman–Crippen MR) is 50.4 cm³/mol. The van der Waals surface area contributed by atoms with Crippen molar-refractivity contribution >= 4 is 0 Å². The van der Waals surface area contributed by atoms with E-state index in [-0.39, 0.29) is 6.10 Å². The van der Waals surface area contributed by atoms with E-state index >= 15 is 0 Å². The van der Waals surface area contributed by atoms with Crippen LogP contribution in [0.25, 0.3) is 0 Å². The minimum atomic E-state index is 0.171. The lowest BCUT2D eigenvalue weighted by atomic mass is 10.1. The van der Waals surface area contributed by atoms with Crippen LogP contribution in [0.2, 0.25) is 0 Å². The first-order valence-corrected chi connectivity index (χ1v) is 4.61. The molecule has 1 N–H and O–H groups in total. The maximum Gasteiger partial charge on any atom is 0.0964 e. The lowest BCUT2D eigenvalue weighted by Crippen LogP contribution is -2.40. The Kier molecular flexibility index (Phi) is 2.57. The monoisotopic (exact) mass is 178 g/mol. The highest BCUT2D eigenvalue weighted by Crippen LogP contribution is 2.18. The third kappa shape index (κ3) is 2.05. The number of aromatic nitrogens is 1. The van der Waals surface area contributed by atoms with Crippen LogP contribution in [0.15, 0.2) is 24.5 Å². The Bertz CT molecular complexity index is 255. The third-order valence-corrected chi connectivity index (χ3v) is 2.26. The summed E-state index contributed by atoms with van der Waals surface area (Å²) in [4.78, 5) is 4.07. The van der Waals surface area contributed by atoms with E-state index in [1.807, 2.05) is 12.3 Å². The van der Waals surface area contributed by atoms with Crippen LogP contribution in [0.5, 0.6) is 0 Å². The van der Waals surface area contributed by atoms with Crippen LogP contribution in [0.4, 0.5) is 0 Å². The average Bonchev–Trinajstić information content (AvgIpc) is 2.20. The highest BCUT2D eigenvalue weighted by molar-refractivity contribution is 5.13. The number of rotatable bonds is 1. The van der Waals surface area contributed by atoms with Crippen molar-refractivity contribution in [3.63, 3.8) is 0 Å². The molecule has 3 nitrogen and oxygen atoms in total. The zero-order chi connectivity index (χ0) is 9.10. The van der Waals surface area contributed by atoms with Gasteiger partial charge in [-0.15, -0.1) is 0 Å². The molecule has 2 heterocycles. The van der Waals surface area contributed by atoms with E-state index in [2.05, 4.69) is 23.3 Å². The van der Waals surface area contributed by atoms with Gasteiger partial charge < -0.3 is 10.1 Å². The van der Waals surface area contributed by atoms with Crippen molar-refractivity contribution in [1.82, 2.24) is 10.3 Å². The Morgan fingerprint density at radius 2 is 2.54 bits per heavy atom. The van der Waals surface area contributed by atoms with Gasteiger partial charge in [-0.2, -0.15) is 0 Å². The van der Waals surface area contributed by atoms with Gasteiger partial charge in [-0.05, 0) is 13.0 Å². The molecule has 1 saturated heterocycles. The van der Waals surface area contributed by atoms with Crippen molar-refractivity contribution < 1.29 is 4.74 Å². The van der Waals surface area contributed by atoms with Gasteiger partial charge in [-0.25, -0.2) is 0 Å². The molecule has 70 valence electrons. The van der Waals surface area contributed by atoms with Crippen LogP contribution in [-0.2, 0) is 4.74 Å². The molecule has 0 bridgehead atoms. The molecule has 0 aliphatic carbocycles. The van der Waals surface area contributed by atoms with E-state index in [0.29, 0.717) is 6.04 Å². The Morgan fingerprint density at radius 1 is 1.62 bits per heavy atom. The highest BCUT2D eigenvalue weighted by Gasteiger charge is 2.19. The zero-order valence-electron chi connectivity index (χ0n) is 7.73. The van der Waals surface area contributed by atoms with Crippen molar-refractivity contribution in [2.75, 3.05) is 13.2 Å². The standard InChI is InChI=1S/C10H14N2O/c1-8-7-13-10(6-12-8)9-3-2-4-11-5-9/h2-5,8,10,12H,6-7H2,1H3. The van der Waals surface area contributed by atoms with Gasteiger partial charge >= 0.3 is 0 Å². The second kappa shape index (κ2) is 3.85. The first-order valence-electron chi connectivity index (χ1n) is 4.61. The van der Waals surface area contributed by atoms with E-state index in [4.69, 9.17) is 4.74 Å². The number of nitrogens with one attached hydrogen (secondary N) is 1. The largest absolute Gasteiger partial charge is 0.371 e. The normalized spacial score (nSPS) is 28.7. The predicted octanol–water partition coefficient (Wildman–Crippen LogP) is 1.13. The van der Waals surface area contributed by atoms with Gasteiger partial charge in [0.1, 0.15) is 0 Å². The topological polar surface area (TPSA) is 34.1 Å². The molecular formula is C10H14N2O. The van der Waals surface area contributed by atoms with Crippen LogP contribution in [0.3, 0.4) is 0 Å². The van der Waals surface area contributed by atoms with E-state index in [1.165, 1.54) is 0 Å². The summed E-state index contributed by atoms with van der Waals surface area (Å²) in [6, 6.07) is 4.46. The molecule has 0 aromatic carbocycles. The lowest BCUT2D eigenvalue weighted by molar-refractivity contribution is 0.00677. The van der Waals surface area contributed by atoms with Crippen LogP contribution < -0.4 is 5.32 Å². The molecule has 2 atom stereocenters. The van der Waals surface area contributed by atoms with E-state index < -0.39 is 0 Å². The fraction of sp³-hybridized carbons (Fsp3) is 0.500. The summed E-state index contributed by atoms with van der Waals surface area (Å²) in [7, 11) is 0. The van der Waals surface area contributed by atoms with E-state index in [1.54, 1.807) is 6.20 Å². The molecule has 0 spiro atoms. The molecule has 2 rings (SSSR count). The Hall–Kier alpha value is -0.930. The Balaban J connectivity index is 2.03. The molecule has 0 radical (unpaired) electrons. The summed E-state index contributed by atoms with van der Waals surface area (Å²) in [5.41, 5.74) is 1.15. The number of morpholine rings is 1. The number of nitrogens with zero attached hydrogens (tertiary/aromatic N) is 1. The third-order valence-electron chi connectivity index (χ3n) is 2.26. The number of ether oxygens (including phenoxy) is 1. The van der Waals surface area contributed by atoms with Gasteiger partial charge in [0.25, 0.3) is 0 Å². The maximum absolute atomic E-state index is 5.67. The highest BCUT2D eigenvalue weighted by atomic mass is 16.5. The van der Waals surface area contributed by atoms with Crippen LogP contribution in [0.1, 0.15) is 18.6 Å². The minimum Gasteiger partial charge on any atom is -0.371 e. The fourth-order valence-corrected chi connectivity index (χ4v) is 1.47. The molecule has 0 saturated carbocycles. The van der Waals surface area contributed by atoms with Gasteiger partial charge in [-0.3, -0.25) is 4.98 Å².